The van der Waals surface area contributed by atoms with E-state index in [-0.39, 0.29) is 0 Å². The first-order valence-corrected chi connectivity index (χ1v) is 7.36. The van der Waals surface area contributed by atoms with Gasteiger partial charge in [0.25, 0.3) is 0 Å². The second-order valence-corrected chi connectivity index (χ2v) is 6.36. The summed E-state index contributed by atoms with van der Waals surface area (Å²) in [5, 5.41) is 5.69. The Kier molecular flexibility index (Phi) is 3.86. The van der Waals surface area contributed by atoms with E-state index in [1.807, 2.05) is 11.3 Å². The van der Waals surface area contributed by atoms with Crippen LogP contribution in [0.2, 0.25) is 0 Å². The van der Waals surface area contributed by atoms with Crippen molar-refractivity contribution in [3.63, 3.8) is 0 Å². The van der Waals surface area contributed by atoms with Crippen LogP contribution >= 0.6 is 27.3 Å². The minimum absolute atomic E-state index is 0.559. The van der Waals surface area contributed by atoms with Crippen LogP contribution in [0.25, 0.3) is 0 Å². The van der Waals surface area contributed by atoms with Crippen molar-refractivity contribution in [3.8, 4) is 0 Å². The van der Waals surface area contributed by atoms with Crippen LogP contribution in [0, 0.1) is 5.41 Å². The quantitative estimate of drug-likeness (QED) is 0.868. The van der Waals surface area contributed by atoms with Gasteiger partial charge in [0, 0.05) is 15.9 Å². The maximum Gasteiger partial charge on any atom is 0.0314 e. The summed E-state index contributed by atoms with van der Waals surface area (Å²) < 4.78 is 1.30. The van der Waals surface area contributed by atoms with Gasteiger partial charge in [-0.25, -0.2) is 0 Å². The van der Waals surface area contributed by atoms with Crippen LogP contribution in [-0.2, 0) is 6.42 Å². The van der Waals surface area contributed by atoms with Crippen molar-refractivity contribution in [2.24, 2.45) is 5.41 Å². The zero-order chi connectivity index (χ0) is 10.7. The van der Waals surface area contributed by atoms with E-state index in [1.165, 1.54) is 41.6 Å². The molecule has 15 heavy (non-hydrogen) atoms. The summed E-state index contributed by atoms with van der Waals surface area (Å²) in [7, 11) is 0. The smallest absolute Gasteiger partial charge is 0.0314 e. The summed E-state index contributed by atoms with van der Waals surface area (Å²) in [6.07, 6.45) is 5.45. The molecular formula is C12H18BrNS. The molecular weight excluding hydrogens is 270 g/mol. The molecule has 3 heteroatoms. The summed E-state index contributed by atoms with van der Waals surface area (Å²) >= 11 is 5.51. The zero-order valence-corrected chi connectivity index (χ0v) is 11.6. The predicted molar refractivity (Wildman–Crippen MR) is 70.6 cm³/mol. The molecule has 0 unspecified atom stereocenters. The van der Waals surface area contributed by atoms with Crippen LogP contribution in [0.5, 0.6) is 0 Å². The third kappa shape index (κ3) is 2.63. The summed E-state index contributed by atoms with van der Waals surface area (Å²) in [6.45, 7) is 4.47. The molecule has 0 saturated heterocycles. The van der Waals surface area contributed by atoms with Crippen molar-refractivity contribution in [1.29, 1.82) is 0 Å². The van der Waals surface area contributed by atoms with Gasteiger partial charge in [-0.05, 0) is 58.6 Å². The molecule has 2 rings (SSSR count). The Hall–Kier alpha value is 0.140. The van der Waals surface area contributed by atoms with Gasteiger partial charge in [0.05, 0.1) is 0 Å². The highest BCUT2D eigenvalue weighted by Gasteiger charge is 2.37. The van der Waals surface area contributed by atoms with Crippen LogP contribution in [0.4, 0.5) is 0 Å². The molecule has 1 aromatic rings. The van der Waals surface area contributed by atoms with Crippen molar-refractivity contribution in [3.05, 3.63) is 20.8 Å². The van der Waals surface area contributed by atoms with Crippen LogP contribution < -0.4 is 5.32 Å². The molecule has 1 saturated carbocycles. The van der Waals surface area contributed by atoms with Gasteiger partial charge in [0.2, 0.25) is 0 Å². The van der Waals surface area contributed by atoms with E-state index >= 15 is 0 Å². The lowest BCUT2D eigenvalue weighted by Gasteiger charge is -2.42. The zero-order valence-electron chi connectivity index (χ0n) is 9.18. The molecule has 1 aliphatic rings. The first-order valence-electron chi connectivity index (χ1n) is 5.68. The molecule has 1 aliphatic carbocycles. The van der Waals surface area contributed by atoms with E-state index in [2.05, 4.69) is 39.6 Å². The molecule has 0 amide bonds. The minimum atomic E-state index is 0.559. The largest absolute Gasteiger partial charge is 0.316 e. The fourth-order valence-electron chi connectivity index (χ4n) is 2.27. The van der Waals surface area contributed by atoms with Gasteiger partial charge in [-0.15, -0.1) is 11.3 Å². The van der Waals surface area contributed by atoms with Crippen molar-refractivity contribution in [2.45, 2.75) is 32.6 Å². The summed E-state index contributed by atoms with van der Waals surface area (Å²) in [6, 6.07) is 2.17. The monoisotopic (exact) mass is 287 g/mol. The molecule has 1 fully saturated rings. The molecule has 0 atom stereocenters. The fraction of sp³-hybridized carbons (Fsp3) is 0.667. The molecule has 1 N–H and O–H groups in total. The number of nitrogens with one attached hydrogen (secondary N) is 1. The van der Waals surface area contributed by atoms with Crippen molar-refractivity contribution in [2.75, 3.05) is 13.1 Å². The van der Waals surface area contributed by atoms with Crippen LogP contribution in [0.1, 0.15) is 31.1 Å². The lowest BCUT2D eigenvalue weighted by atomic mass is 9.66. The lowest BCUT2D eigenvalue weighted by molar-refractivity contribution is 0.132. The predicted octanol–water partition coefficient (Wildman–Crippen LogP) is 3.83. The van der Waals surface area contributed by atoms with E-state index in [9.17, 15) is 0 Å². The molecule has 1 heterocycles. The van der Waals surface area contributed by atoms with Crippen molar-refractivity contribution < 1.29 is 0 Å². The second kappa shape index (κ2) is 4.98. The van der Waals surface area contributed by atoms with E-state index in [1.54, 1.807) is 0 Å². The van der Waals surface area contributed by atoms with Gasteiger partial charge in [0.1, 0.15) is 0 Å². The number of thiophene rings is 1. The van der Waals surface area contributed by atoms with Gasteiger partial charge in [-0.1, -0.05) is 13.3 Å². The molecule has 0 aliphatic heterocycles. The normalized spacial score (nSPS) is 18.8. The van der Waals surface area contributed by atoms with Crippen LogP contribution in [0.3, 0.4) is 0 Å². The van der Waals surface area contributed by atoms with Gasteiger partial charge >= 0.3 is 0 Å². The Labute approximate surface area is 104 Å². The Bertz CT molecular complexity index is 317. The van der Waals surface area contributed by atoms with Crippen molar-refractivity contribution >= 4 is 27.3 Å². The van der Waals surface area contributed by atoms with Gasteiger partial charge in [0.15, 0.2) is 0 Å². The first-order chi connectivity index (χ1) is 7.26. The standard InChI is InChI=1S/C12H18BrNS/c1-2-14-9-12(5-3-6-12)8-11-10(13)4-7-15-11/h4,7,14H,2-3,5-6,8-9H2,1H3. The highest BCUT2D eigenvalue weighted by Crippen LogP contribution is 2.45. The van der Waals surface area contributed by atoms with Gasteiger partial charge in [-0.2, -0.15) is 0 Å². The maximum absolute atomic E-state index is 3.63. The topological polar surface area (TPSA) is 12.0 Å². The van der Waals surface area contributed by atoms with Crippen molar-refractivity contribution in [1.82, 2.24) is 5.32 Å². The van der Waals surface area contributed by atoms with E-state index in [0.29, 0.717) is 5.41 Å². The average Bonchev–Trinajstić information content (AvgIpc) is 2.56. The van der Waals surface area contributed by atoms with E-state index < -0.39 is 0 Å². The highest BCUT2D eigenvalue weighted by atomic mass is 79.9. The Balaban J connectivity index is 1.99. The molecule has 0 spiro atoms. The van der Waals surface area contributed by atoms with E-state index in [0.717, 1.165) is 6.54 Å². The SMILES string of the molecule is CCNCC1(Cc2sccc2Br)CCC1. The number of halogens is 1. The van der Waals surface area contributed by atoms with Gasteiger partial charge in [-0.3, -0.25) is 0 Å². The maximum atomic E-state index is 3.63. The average molecular weight is 288 g/mol. The third-order valence-electron chi connectivity index (χ3n) is 3.39. The van der Waals surface area contributed by atoms with Gasteiger partial charge < -0.3 is 5.32 Å². The summed E-state index contributed by atoms with van der Waals surface area (Å²) in [5.74, 6) is 0. The summed E-state index contributed by atoms with van der Waals surface area (Å²) in [5.41, 5.74) is 0.559. The van der Waals surface area contributed by atoms with E-state index in [4.69, 9.17) is 0 Å². The molecule has 1 aromatic heterocycles. The Morgan fingerprint density at radius 3 is 2.80 bits per heavy atom. The Morgan fingerprint density at radius 2 is 2.33 bits per heavy atom. The lowest BCUT2D eigenvalue weighted by Crippen LogP contribution is -2.41. The third-order valence-corrected chi connectivity index (χ3v) is 5.32. The first kappa shape index (κ1) is 11.6. The molecule has 0 aromatic carbocycles. The second-order valence-electron chi connectivity index (χ2n) is 4.50. The Morgan fingerprint density at radius 1 is 1.53 bits per heavy atom. The number of rotatable bonds is 5. The number of hydrogen-bond donors (Lipinski definition) is 1. The number of hydrogen-bond acceptors (Lipinski definition) is 2. The minimum Gasteiger partial charge on any atom is -0.316 e. The molecule has 0 radical (unpaired) electrons. The highest BCUT2D eigenvalue weighted by molar-refractivity contribution is 9.10. The van der Waals surface area contributed by atoms with Crippen LogP contribution in [0.15, 0.2) is 15.9 Å². The molecule has 1 nitrogen and oxygen atoms in total. The fourth-order valence-corrected chi connectivity index (χ4v) is 3.94. The summed E-state index contributed by atoms with van der Waals surface area (Å²) in [4.78, 5) is 1.52. The van der Waals surface area contributed by atoms with Crippen LogP contribution in [-0.4, -0.2) is 13.1 Å². The molecule has 84 valence electrons. The molecule has 0 bridgehead atoms.